The van der Waals surface area contributed by atoms with Crippen LogP contribution >= 0.6 is 11.8 Å². The molecule has 158 valence electrons. The van der Waals surface area contributed by atoms with E-state index in [0.29, 0.717) is 11.1 Å². The van der Waals surface area contributed by atoms with Gasteiger partial charge in [-0.3, -0.25) is 14.5 Å². The maximum Gasteiger partial charge on any atom is 0.352 e. The van der Waals surface area contributed by atoms with E-state index < -0.39 is 41.2 Å². The number of nitrogens with zero attached hydrogens (tertiary/aromatic N) is 1. The topological polar surface area (TPSA) is 139 Å². The number of esters is 1. The van der Waals surface area contributed by atoms with Crippen LogP contribution in [0.2, 0.25) is 0 Å². The van der Waals surface area contributed by atoms with Crippen molar-refractivity contribution in [1.82, 2.24) is 10.2 Å². The lowest BCUT2D eigenvalue weighted by Crippen LogP contribution is -2.71. The Labute approximate surface area is 176 Å². The molecular weight excluding hydrogens is 410 g/mol. The van der Waals surface area contributed by atoms with Crippen LogP contribution < -0.4 is 11.1 Å². The van der Waals surface area contributed by atoms with Gasteiger partial charge >= 0.3 is 11.9 Å². The summed E-state index contributed by atoms with van der Waals surface area (Å²) in [5.74, 6) is -2.70. The van der Waals surface area contributed by atoms with Crippen molar-refractivity contribution in [3.05, 3.63) is 59.3 Å². The number of carbonyl (C=O) groups excluding carboxylic acids is 3. The van der Waals surface area contributed by atoms with Crippen molar-refractivity contribution in [2.24, 2.45) is 5.73 Å². The number of nitrogens with two attached hydrogens (primary N) is 1. The first-order chi connectivity index (χ1) is 14.3. The van der Waals surface area contributed by atoms with Crippen LogP contribution in [-0.4, -0.2) is 57.5 Å². The Balaban J connectivity index is 1.74. The number of carbonyl (C=O) groups is 4. The fraction of sp³-hybridized carbons (Fsp3) is 0.300. The predicted molar refractivity (Wildman–Crippen MR) is 109 cm³/mol. The molecule has 30 heavy (non-hydrogen) atoms. The lowest BCUT2D eigenvalue weighted by Gasteiger charge is -2.49. The highest BCUT2D eigenvalue weighted by atomic mass is 32.2. The second kappa shape index (κ2) is 9.14. The molecule has 0 saturated carbocycles. The van der Waals surface area contributed by atoms with E-state index in [4.69, 9.17) is 10.5 Å². The lowest BCUT2D eigenvalue weighted by molar-refractivity contribution is -0.150. The first-order valence-corrected chi connectivity index (χ1v) is 10.3. The van der Waals surface area contributed by atoms with Gasteiger partial charge in [0.2, 0.25) is 5.91 Å². The minimum absolute atomic E-state index is 0.196. The van der Waals surface area contributed by atoms with Gasteiger partial charge in [-0.05, 0) is 24.1 Å². The van der Waals surface area contributed by atoms with E-state index in [-0.39, 0.29) is 18.1 Å². The molecule has 0 aliphatic carbocycles. The molecule has 0 aromatic heterocycles. The Kier molecular flexibility index (Phi) is 6.58. The van der Waals surface area contributed by atoms with E-state index >= 15 is 0 Å². The van der Waals surface area contributed by atoms with Crippen molar-refractivity contribution in [1.29, 1.82) is 0 Å². The number of nitrogens with one attached hydrogen (secondary N) is 1. The third-order valence-corrected chi connectivity index (χ3v) is 5.95. The molecule has 3 atom stereocenters. The van der Waals surface area contributed by atoms with Gasteiger partial charge in [-0.25, -0.2) is 9.59 Å². The van der Waals surface area contributed by atoms with Crippen LogP contribution in [-0.2, 0) is 23.9 Å². The van der Waals surface area contributed by atoms with Gasteiger partial charge in [0.15, 0.2) is 0 Å². The SMILES string of the molecule is CCOC(=O)C=CC1=C(C(=O)O)N2C(=O)C(NC(=O)C(N)c3ccccc3)[C@@H]2SC1. The number of β-lactam (4-membered cyclic amide) rings is 1. The molecule has 0 radical (unpaired) electrons. The lowest BCUT2D eigenvalue weighted by atomic mass is 10.0. The Morgan fingerprint density at radius 3 is 2.70 bits per heavy atom. The summed E-state index contributed by atoms with van der Waals surface area (Å²) in [4.78, 5) is 49.5. The Bertz CT molecular complexity index is 930. The molecule has 4 N–H and O–H groups in total. The maximum atomic E-state index is 12.6. The Morgan fingerprint density at radius 2 is 2.07 bits per heavy atom. The van der Waals surface area contributed by atoms with Crippen molar-refractivity contribution >= 4 is 35.5 Å². The van der Waals surface area contributed by atoms with E-state index in [1.807, 2.05) is 0 Å². The smallest absolute Gasteiger partial charge is 0.352 e. The molecule has 2 heterocycles. The number of rotatable bonds is 7. The predicted octanol–water partition coefficient (Wildman–Crippen LogP) is 0.544. The molecule has 1 aromatic carbocycles. The number of hydrogen-bond acceptors (Lipinski definition) is 7. The third-order valence-electron chi connectivity index (χ3n) is 4.65. The number of aliphatic carboxylic acids is 1. The number of carboxylic acids is 1. The molecule has 1 fully saturated rings. The molecule has 2 aliphatic heterocycles. The van der Waals surface area contributed by atoms with Crippen LogP contribution in [0.5, 0.6) is 0 Å². The summed E-state index contributed by atoms with van der Waals surface area (Å²) in [6.07, 6.45) is 2.47. The molecule has 1 saturated heterocycles. The third kappa shape index (κ3) is 4.24. The van der Waals surface area contributed by atoms with Crippen molar-refractivity contribution in [2.75, 3.05) is 12.4 Å². The van der Waals surface area contributed by atoms with Gasteiger partial charge < -0.3 is 20.9 Å². The molecule has 2 unspecified atom stereocenters. The monoisotopic (exact) mass is 431 g/mol. The molecule has 1 aromatic rings. The average molecular weight is 431 g/mol. The highest BCUT2D eigenvalue weighted by molar-refractivity contribution is 8.00. The summed E-state index contributed by atoms with van der Waals surface area (Å²) >= 11 is 1.29. The number of ether oxygens (including phenoxy) is 1. The Morgan fingerprint density at radius 1 is 1.37 bits per heavy atom. The zero-order valence-corrected chi connectivity index (χ0v) is 16.9. The molecule has 0 bridgehead atoms. The van der Waals surface area contributed by atoms with Crippen LogP contribution in [0.25, 0.3) is 0 Å². The molecule has 2 aliphatic rings. The summed E-state index contributed by atoms with van der Waals surface area (Å²) < 4.78 is 4.79. The van der Waals surface area contributed by atoms with Crippen LogP contribution in [0, 0.1) is 0 Å². The van der Waals surface area contributed by atoms with Gasteiger partial charge in [0.05, 0.1) is 6.61 Å². The first-order valence-electron chi connectivity index (χ1n) is 9.22. The van der Waals surface area contributed by atoms with Gasteiger partial charge in [0, 0.05) is 11.8 Å². The summed E-state index contributed by atoms with van der Waals surface area (Å²) in [5, 5.41) is 11.7. The summed E-state index contributed by atoms with van der Waals surface area (Å²) in [6, 6.07) is 6.91. The number of hydrogen-bond donors (Lipinski definition) is 3. The van der Waals surface area contributed by atoms with E-state index in [1.54, 1.807) is 37.3 Å². The molecule has 0 spiro atoms. The highest BCUT2D eigenvalue weighted by Gasteiger charge is 2.54. The first kappa shape index (κ1) is 21.6. The summed E-state index contributed by atoms with van der Waals surface area (Å²) in [6.45, 7) is 1.85. The molecular formula is C20H21N3O6S. The van der Waals surface area contributed by atoms with Crippen molar-refractivity contribution < 1.29 is 29.0 Å². The fourth-order valence-electron chi connectivity index (χ4n) is 3.18. The van der Waals surface area contributed by atoms with E-state index in [0.717, 1.165) is 11.0 Å². The largest absolute Gasteiger partial charge is 0.477 e. The van der Waals surface area contributed by atoms with Crippen LogP contribution in [0.3, 0.4) is 0 Å². The number of benzene rings is 1. The van der Waals surface area contributed by atoms with Gasteiger partial charge in [-0.2, -0.15) is 0 Å². The number of allylic oxidation sites excluding steroid dienone is 1. The van der Waals surface area contributed by atoms with Crippen LogP contribution in [0.1, 0.15) is 18.5 Å². The quantitative estimate of drug-likeness (QED) is 0.323. The standard InChI is InChI=1S/C20H21N3O6S/c1-2-29-13(24)9-8-12-10-30-19-15(18(26)23(19)16(12)20(27)28)22-17(25)14(21)11-6-4-3-5-7-11/h3-9,14-15,19H,2,10,21H2,1H3,(H,22,25)(H,27,28)/t14?,15?,19-/m0/s1. The van der Waals surface area contributed by atoms with Crippen LogP contribution in [0.15, 0.2) is 53.8 Å². The molecule has 9 nitrogen and oxygen atoms in total. The molecule has 10 heteroatoms. The molecule has 3 rings (SSSR count). The van der Waals surface area contributed by atoms with Crippen molar-refractivity contribution in [3.63, 3.8) is 0 Å². The van der Waals surface area contributed by atoms with Crippen molar-refractivity contribution in [2.45, 2.75) is 24.4 Å². The van der Waals surface area contributed by atoms with Gasteiger partial charge in [0.25, 0.3) is 5.91 Å². The highest BCUT2D eigenvalue weighted by Crippen LogP contribution is 2.40. The summed E-state index contributed by atoms with van der Waals surface area (Å²) in [5.41, 5.74) is 6.68. The minimum Gasteiger partial charge on any atom is -0.477 e. The normalized spacial score (nSPS) is 21.7. The van der Waals surface area contributed by atoms with E-state index in [2.05, 4.69) is 5.32 Å². The minimum atomic E-state index is -1.29. The second-order valence-corrected chi connectivity index (χ2v) is 7.65. The van der Waals surface area contributed by atoms with Gasteiger partial charge in [-0.15, -0.1) is 11.8 Å². The van der Waals surface area contributed by atoms with E-state index in [9.17, 15) is 24.3 Å². The van der Waals surface area contributed by atoms with E-state index in [1.165, 1.54) is 17.8 Å². The number of fused-ring (bicyclic) bond motifs is 1. The van der Waals surface area contributed by atoms with Crippen molar-refractivity contribution in [3.8, 4) is 0 Å². The zero-order chi connectivity index (χ0) is 21.8. The van der Waals surface area contributed by atoms with Gasteiger partial charge in [0.1, 0.15) is 23.2 Å². The maximum absolute atomic E-state index is 12.6. The average Bonchev–Trinajstić information content (AvgIpc) is 2.75. The fourth-order valence-corrected chi connectivity index (χ4v) is 4.50. The van der Waals surface area contributed by atoms with Gasteiger partial charge in [-0.1, -0.05) is 30.3 Å². The summed E-state index contributed by atoms with van der Waals surface area (Å²) in [7, 11) is 0. The second-order valence-electron chi connectivity index (χ2n) is 6.55. The van der Waals surface area contributed by atoms with Crippen LogP contribution in [0.4, 0.5) is 0 Å². The number of carboxylic acid groups (broad SMARTS) is 1. The number of thioether (sulfide) groups is 1. The number of amides is 2. The molecule has 2 amide bonds. The zero-order valence-electron chi connectivity index (χ0n) is 16.1. The Hall–Kier alpha value is -3.11.